The van der Waals surface area contributed by atoms with E-state index >= 15 is 0 Å². The highest BCUT2D eigenvalue weighted by Gasteiger charge is 2.45. The maximum absolute atomic E-state index is 13.9. The number of fused-ring (bicyclic) bond motifs is 1. The molecule has 1 aromatic carbocycles. The molecular formula is C23H17F3N2O5S. The molecule has 3 heterocycles. The summed E-state index contributed by atoms with van der Waals surface area (Å²) >= 11 is 0.913. The predicted octanol–water partition coefficient (Wildman–Crippen LogP) is 4.30. The van der Waals surface area contributed by atoms with Crippen molar-refractivity contribution in [2.24, 2.45) is 0 Å². The van der Waals surface area contributed by atoms with Gasteiger partial charge in [-0.05, 0) is 35.7 Å². The van der Waals surface area contributed by atoms with Gasteiger partial charge in [0.1, 0.15) is 23.3 Å². The molecule has 0 bridgehead atoms. The second-order valence-electron chi connectivity index (χ2n) is 7.15. The molecule has 34 heavy (non-hydrogen) atoms. The number of nitrogens with zero attached hydrogens (tertiary/aromatic N) is 1. The summed E-state index contributed by atoms with van der Waals surface area (Å²) in [4.78, 5) is 29.9. The number of allylic oxidation sites excluding steroid dienone is 1. The van der Waals surface area contributed by atoms with Crippen LogP contribution in [-0.2, 0) is 0 Å². The molecule has 3 aromatic rings. The molecule has 2 aromatic heterocycles. The number of ether oxygens (including phenoxy) is 2. The largest absolute Gasteiger partial charge is 0.497 e. The molecule has 1 atom stereocenters. The van der Waals surface area contributed by atoms with Crippen LogP contribution >= 0.6 is 11.3 Å². The van der Waals surface area contributed by atoms with Crippen LogP contribution in [0.25, 0.3) is 11.3 Å². The molecule has 0 spiro atoms. The van der Waals surface area contributed by atoms with Gasteiger partial charge in [0.25, 0.3) is 5.91 Å². The molecule has 0 saturated heterocycles. The third-order valence-corrected chi connectivity index (χ3v) is 6.04. The molecule has 0 radical (unpaired) electrons. The van der Waals surface area contributed by atoms with Crippen molar-refractivity contribution >= 4 is 23.0 Å². The first kappa shape index (κ1) is 23.5. The highest BCUT2D eigenvalue weighted by molar-refractivity contribution is 7.12. The van der Waals surface area contributed by atoms with Crippen LogP contribution in [0.5, 0.6) is 11.5 Å². The van der Waals surface area contributed by atoms with E-state index in [1.807, 2.05) is 0 Å². The van der Waals surface area contributed by atoms with Crippen molar-refractivity contribution in [1.29, 1.82) is 0 Å². The Bertz CT molecular complexity index is 1300. The van der Waals surface area contributed by atoms with Crippen LogP contribution in [0.3, 0.4) is 0 Å². The lowest BCUT2D eigenvalue weighted by molar-refractivity contribution is -0.0973. The van der Waals surface area contributed by atoms with Crippen LogP contribution in [0, 0.1) is 0 Å². The topological polar surface area (TPSA) is 97.8 Å². The van der Waals surface area contributed by atoms with E-state index in [2.05, 4.69) is 4.98 Å². The smallest absolute Gasteiger partial charge is 0.431 e. The van der Waals surface area contributed by atoms with Gasteiger partial charge in [-0.25, -0.2) is 4.98 Å². The third-order valence-electron chi connectivity index (χ3n) is 5.17. The fourth-order valence-corrected chi connectivity index (χ4v) is 4.24. The van der Waals surface area contributed by atoms with Crippen molar-refractivity contribution in [2.75, 3.05) is 14.2 Å². The Labute approximate surface area is 195 Å². The van der Waals surface area contributed by atoms with Crippen LogP contribution in [0.2, 0.25) is 0 Å². The number of halogens is 3. The summed E-state index contributed by atoms with van der Waals surface area (Å²) in [7, 11) is 2.89. The summed E-state index contributed by atoms with van der Waals surface area (Å²) in [6, 6.07) is 10.3. The number of Topliss-reactive ketones (excluding diaryl/α,β-unsaturated/α-hetero) is 1. The van der Waals surface area contributed by atoms with Crippen molar-refractivity contribution in [3.05, 3.63) is 75.2 Å². The summed E-state index contributed by atoms with van der Waals surface area (Å²) in [6.07, 6.45) is -7.23. The van der Waals surface area contributed by atoms with E-state index in [-0.39, 0.29) is 21.8 Å². The quantitative estimate of drug-likeness (QED) is 0.518. The Hall–Kier alpha value is -3.70. The fourth-order valence-electron chi connectivity index (χ4n) is 3.56. The molecule has 2 N–H and O–H groups in total. The summed E-state index contributed by atoms with van der Waals surface area (Å²) < 4.78 is 52.1. The summed E-state index contributed by atoms with van der Waals surface area (Å²) in [5.74, 6) is -1.36. The first-order chi connectivity index (χ1) is 16.2. The average molecular weight is 490 g/mol. The van der Waals surface area contributed by atoms with Gasteiger partial charge < -0.3 is 19.9 Å². The Balaban J connectivity index is 1.91. The number of pyridine rings is 1. The number of methoxy groups -OCH3 is 2. The molecule has 0 saturated carbocycles. The SMILES string of the molecule is COc1ccc(-c2ccc3c(n2)C(O)C(C(=O)c2cccs2)=C(C(F)(F)F)NC3=O)c(OC)c1. The number of rotatable bonds is 5. The summed E-state index contributed by atoms with van der Waals surface area (Å²) in [6.45, 7) is 0. The average Bonchev–Trinajstić information content (AvgIpc) is 3.33. The number of nitrogens with one attached hydrogen (secondary N) is 1. The Kier molecular flexibility index (Phi) is 6.15. The van der Waals surface area contributed by atoms with Gasteiger partial charge in [0.15, 0.2) is 0 Å². The zero-order chi connectivity index (χ0) is 24.6. The van der Waals surface area contributed by atoms with Gasteiger partial charge in [0.05, 0.1) is 41.6 Å². The zero-order valence-electron chi connectivity index (χ0n) is 17.8. The lowest BCUT2D eigenvalue weighted by Gasteiger charge is -2.18. The fraction of sp³-hybridized carbons (Fsp3) is 0.174. The first-order valence-electron chi connectivity index (χ1n) is 9.78. The number of hydrogen-bond acceptors (Lipinski definition) is 7. The number of amides is 1. The van der Waals surface area contributed by atoms with E-state index in [1.165, 1.54) is 43.9 Å². The van der Waals surface area contributed by atoms with Crippen molar-refractivity contribution in [3.63, 3.8) is 0 Å². The molecule has 0 fully saturated rings. The number of aromatic nitrogens is 1. The number of carbonyl (C=O) groups excluding carboxylic acids is 2. The van der Waals surface area contributed by atoms with Gasteiger partial charge in [-0.3, -0.25) is 9.59 Å². The standard InChI is InChI=1S/C23H17F3N2O5S/c1-32-11-5-6-12(15(10-11)33-2)14-8-7-13-18(27-14)20(30)17(19(29)16-4-3-9-34-16)21(23(24,25)26)28-22(13)31/h3-10,20,30H,1-2H3,(H,28,31). The number of alkyl halides is 3. The van der Waals surface area contributed by atoms with E-state index in [9.17, 15) is 27.9 Å². The van der Waals surface area contributed by atoms with Crippen LogP contribution in [0.15, 0.2) is 59.1 Å². The maximum atomic E-state index is 13.9. The maximum Gasteiger partial charge on any atom is 0.431 e. The molecule has 1 amide bonds. The van der Waals surface area contributed by atoms with Crippen molar-refractivity contribution in [2.45, 2.75) is 12.3 Å². The molecule has 4 rings (SSSR count). The lowest BCUT2D eigenvalue weighted by Crippen LogP contribution is -2.33. The third kappa shape index (κ3) is 4.15. The van der Waals surface area contributed by atoms with Crippen molar-refractivity contribution < 1.29 is 37.3 Å². The van der Waals surface area contributed by atoms with Crippen molar-refractivity contribution in [3.8, 4) is 22.8 Å². The molecule has 11 heteroatoms. The van der Waals surface area contributed by atoms with E-state index in [4.69, 9.17) is 9.47 Å². The van der Waals surface area contributed by atoms with Gasteiger partial charge >= 0.3 is 6.18 Å². The van der Waals surface area contributed by atoms with Crippen LogP contribution < -0.4 is 14.8 Å². The summed E-state index contributed by atoms with van der Waals surface area (Å²) in [5, 5.41) is 14.3. The molecule has 1 unspecified atom stereocenters. The minimum absolute atomic E-state index is 0.0264. The van der Waals surface area contributed by atoms with Crippen LogP contribution in [0.4, 0.5) is 13.2 Å². The Morgan fingerprint density at radius 3 is 2.47 bits per heavy atom. The number of carbonyl (C=O) groups is 2. The number of benzene rings is 1. The van der Waals surface area contributed by atoms with Crippen LogP contribution in [-0.4, -0.2) is 42.2 Å². The minimum atomic E-state index is -5.11. The van der Waals surface area contributed by atoms with Gasteiger partial charge in [-0.1, -0.05) is 6.07 Å². The number of hydrogen-bond donors (Lipinski definition) is 2. The Morgan fingerprint density at radius 1 is 1.12 bits per heavy atom. The Morgan fingerprint density at radius 2 is 1.85 bits per heavy atom. The number of ketones is 1. The minimum Gasteiger partial charge on any atom is -0.497 e. The molecule has 7 nitrogen and oxygen atoms in total. The number of aliphatic hydroxyl groups excluding tert-OH is 1. The highest BCUT2D eigenvalue weighted by Crippen LogP contribution is 2.39. The number of aliphatic hydroxyl groups is 1. The molecular weight excluding hydrogens is 473 g/mol. The molecule has 1 aliphatic rings. The van der Waals surface area contributed by atoms with Gasteiger partial charge in [-0.2, -0.15) is 13.2 Å². The molecule has 1 aliphatic heterocycles. The van der Waals surface area contributed by atoms with E-state index in [0.29, 0.717) is 17.1 Å². The lowest BCUT2D eigenvalue weighted by atomic mass is 9.96. The normalized spacial score (nSPS) is 15.9. The van der Waals surface area contributed by atoms with E-state index in [1.54, 1.807) is 23.5 Å². The first-order valence-corrected chi connectivity index (χ1v) is 10.7. The van der Waals surface area contributed by atoms with Crippen molar-refractivity contribution in [1.82, 2.24) is 10.3 Å². The predicted molar refractivity (Wildman–Crippen MR) is 117 cm³/mol. The second kappa shape index (κ2) is 8.92. The highest BCUT2D eigenvalue weighted by atomic mass is 32.1. The van der Waals surface area contributed by atoms with E-state index < -0.39 is 35.2 Å². The second-order valence-corrected chi connectivity index (χ2v) is 8.09. The monoisotopic (exact) mass is 490 g/mol. The van der Waals surface area contributed by atoms with Gasteiger partial charge in [0.2, 0.25) is 5.78 Å². The van der Waals surface area contributed by atoms with Gasteiger partial charge in [0, 0.05) is 11.6 Å². The summed E-state index contributed by atoms with van der Waals surface area (Å²) in [5.41, 5.74) is -2.65. The van der Waals surface area contributed by atoms with Gasteiger partial charge in [-0.15, -0.1) is 11.3 Å². The number of thiophene rings is 1. The zero-order valence-corrected chi connectivity index (χ0v) is 18.6. The molecule has 0 aliphatic carbocycles. The molecule has 176 valence electrons. The van der Waals surface area contributed by atoms with Crippen LogP contribution in [0.1, 0.15) is 31.8 Å². The van der Waals surface area contributed by atoms with E-state index in [0.717, 1.165) is 11.3 Å².